The quantitative estimate of drug-likeness (QED) is 0.630. The van der Waals surface area contributed by atoms with Gasteiger partial charge >= 0.3 is 6.09 Å². The van der Waals surface area contributed by atoms with E-state index >= 15 is 0 Å². The molecule has 0 aromatic heterocycles. The van der Waals surface area contributed by atoms with Gasteiger partial charge in [0.25, 0.3) is 0 Å². The molecule has 68 valence electrons. The van der Waals surface area contributed by atoms with Gasteiger partial charge in [0.2, 0.25) is 0 Å². The Morgan fingerprint density at radius 2 is 2.42 bits per heavy atom. The van der Waals surface area contributed by atoms with Crippen molar-refractivity contribution in [3.05, 3.63) is 0 Å². The van der Waals surface area contributed by atoms with Crippen molar-refractivity contribution in [1.29, 1.82) is 5.26 Å². The molecule has 0 aliphatic carbocycles. The second-order valence-corrected chi connectivity index (χ2v) is 2.59. The van der Waals surface area contributed by atoms with Crippen LogP contribution in [0.5, 0.6) is 0 Å². The molecule has 0 saturated heterocycles. The fraction of sp³-hybridized carbons (Fsp3) is 0.714. The fourth-order valence-corrected chi connectivity index (χ4v) is 0.768. The molecule has 0 unspecified atom stereocenters. The van der Waals surface area contributed by atoms with Gasteiger partial charge in [0.05, 0.1) is 0 Å². The number of aliphatic hydroxyl groups excluding tert-OH is 1. The summed E-state index contributed by atoms with van der Waals surface area (Å²) in [6, 6.07) is 1.81. The molecule has 0 saturated carbocycles. The zero-order valence-corrected chi connectivity index (χ0v) is 6.91. The van der Waals surface area contributed by atoms with Gasteiger partial charge in [-0.3, -0.25) is 0 Å². The summed E-state index contributed by atoms with van der Waals surface area (Å²) in [5, 5.41) is 17.1. The summed E-state index contributed by atoms with van der Waals surface area (Å²) < 4.78 is 4.56. The van der Waals surface area contributed by atoms with Crippen LogP contribution < -0.4 is 5.73 Å². The molecule has 0 aromatic carbocycles. The highest BCUT2D eigenvalue weighted by atomic mass is 16.6. The minimum atomic E-state index is -1.21. The van der Waals surface area contributed by atoms with Crippen LogP contribution in [0.15, 0.2) is 0 Å². The molecular weight excluding hydrogens is 160 g/mol. The van der Waals surface area contributed by atoms with E-state index in [1.165, 1.54) is 6.92 Å². The minimum Gasteiger partial charge on any atom is -0.428 e. The van der Waals surface area contributed by atoms with E-state index in [4.69, 9.17) is 16.1 Å². The molecule has 0 radical (unpaired) electrons. The molecule has 0 aliphatic heterocycles. The maximum absolute atomic E-state index is 10.3. The Morgan fingerprint density at radius 3 is 2.75 bits per heavy atom. The van der Waals surface area contributed by atoms with Gasteiger partial charge < -0.3 is 15.6 Å². The van der Waals surface area contributed by atoms with Crippen molar-refractivity contribution in [2.45, 2.75) is 25.4 Å². The topological polar surface area (TPSA) is 96.3 Å². The SMILES string of the molecule is C[C@@](C#N)(CCCO)OC(N)=O. The lowest BCUT2D eigenvalue weighted by Crippen LogP contribution is -2.32. The fourth-order valence-electron chi connectivity index (χ4n) is 0.768. The van der Waals surface area contributed by atoms with Gasteiger partial charge in [-0.2, -0.15) is 5.26 Å². The number of nitriles is 1. The molecule has 0 fully saturated rings. The Morgan fingerprint density at radius 1 is 1.83 bits per heavy atom. The highest BCUT2D eigenvalue weighted by molar-refractivity contribution is 5.65. The first-order valence-electron chi connectivity index (χ1n) is 3.54. The average Bonchev–Trinajstić information content (AvgIpc) is 2.00. The lowest BCUT2D eigenvalue weighted by molar-refractivity contribution is 0.0608. The summed E-state index contributed by atoms with van der Waals surface area (Å²) in [7, 11) is 0. The first kappa shape index (κ1) is 10.7. The van der Waals surface area contributed by atoms with Crippen LogP contribution in [0.3, 0.4) is 0 Å². The number of hydrogen-bond donors (Lipinski definition) is 2. The van der Waals surface area contributed by atoms with Crippen molar-refractivity contribution in [2.24, 2.45) is 5.73 Å². The number of nitrogens with zero attached hydrogens (tertiary/aromatic N) is 1. The number of carbonyl (C=O) groups is 1. The van der Waals surface area contributed by atoms with E-state index in [9.17, 15) is 4.79 Å². The highest BCUT2D eigenvalue weighted by Gasteiger charge is 2.26. The molecule has 1 amide bonds. The van der Waals surface area contributed by atoms with Gasteiger partial charge in [-0.25, -0.2) is 4.79 Å². The van der Waals surface area contributed by atoms with Gasteiger partial charge in [0, 0.05) is 13.0 Å². The minimum absolute atomic E-state index is 0.0423. The van der Waals surface area contributed by atoms with Crippen LogP contribution in [0.1, 0.15) is 19.8 Å². The molecule has 0 bridgehead atoms. The van der Waals surface area contributed by atoms with E-state index in [0.29, 0.717) is 6.42 Å². The number of carbonyl (C=O) groups excluding carboxylic acids is 1. The van der Waals surface area contributed by atoms with Crippen LogP contribution in [0, 0.1) is 11.3 Å². The summed E-state index contributed by atoms with van der Waals surface area (Å²) in [4.78, 5) is 10.3. The molecule has 3 N–H and O–H groups in total. The Labute approximate surface area is 70.7 Å². The third-order valence-electron chi connectivity index (χ3n) is 1.37. The van der Waals surface area contributed by atoms with Crippen molar-refractivity contribution in [3.63, 3.8) is 0 Å². The molecular formula is C7H12N2O3. The predicted octanol–water partition coefficient (Wildman–Crippen LogP) is 0.136. The van der Waals surface area contributed by atoms with Crippen LogP contribution in [-0.4, -0.2) is 23.4 Å². The van der Waals surface area contributed by atoms with Crippen molar-refractivity contribution in [2.75, 3.05) is 6.61 Å². The summed E-state index contributed by atoms with van der Waals surface area (Å²) in [5.74, 6) is 0. The first-order valence-corrected chi connectivity index (χ1v) is 3.54. The molecule has 0 aliphatic rings. The Balaban J connectivity index is 4.07. The largest absolute Gasteiger partial charge is 0.428 e. The Kier molecular flexibility index (Phi) is 4.08. The zero-order valence-electron chi connectivity index (χ0n) is 6.91. The molecule has 1 atom stereocenters. The molecule has 12 heavy (non-hydrogen) atoms. The summed E-state index contributed by atoms with van der Waals surface area (Å²) >= 11 is 0. The molecule has 0 rings (SSSR count). The number of hydrogen-bond acceptors (Lipinski definition) is 4. The lowest BCUT2D eigenvalue weighted by Gasteiger charge is -2.19. The number of ether oxygens (including phenoxy) is 1. The van der Waals surface area contributed by atoms with Gasteiger partial charge in [-0.1, -0.05) is 0 Å². The number of rotatable bonds is 4. The lowest BCUT2D eigenvalue weighted by atomic mass is 10.0. The zero-order chi connectivity index (χ0) is 9.61. The van der Waals surface area contributed by atoms with Crippen molar-refractivity contribution >= 4 is 6.09 Å². The van der Waals surface area contributed by atoms with Gasteiger partial charge in [-0.15, -0.1) is 0 Å². The van der Waals surface area contributed by atoms with Crippen LogP contribution >= 0.6 is 0 Å². The normalized spacial score (nSPS) is 14.4. The van der Waals surface area contributed by atoms with E-state index < -0.39 is 11.7 Å². The van der Waals surface area contributed by atoms with E-state index in [2.05, 4.69) is 4.74 Å². The Bertz CT molecular complexity index is 199. The smallest absolute Gasteiger partial charge is 0.406 e. The van der Waals surface area contributed by atoms with Crippen molar-refractivity contribution < 1.29 is 14.6 Å². The molecule has 0 heterocycles. The Hall–Kier alpha value is -1.28. The standard InChI is InChI=1S/C7H12N2O3/c1-7(5-8,3-2-4-10)12-6(9)11/h10H,2-4H2,1H3,(H2,9,11)/t7-/m0/s1. The second kappa shape index (κ2) is 4.57. The number of primary amides is 1. The van der Waals surface area contributed by atoms with Crippen LogP contribution in [-0.2, 0) is 4.74 Å². The molecule has 0 spiro atoms. The summed E-state index contributed by atoms with van der Waals surface area (Å²) in [5.41, 5.74) is 3.54. The number of nitrogens with two attached hydrogens (primary N) is 1. The number of aliphatic hydroxyl groups is 1. The third-order valence-corrected chi connectivity index (χ3v) is 1.37. The first-order chi connectivity index (χ1) is 5.54. The van der Waals surface area contributed by atoms with E-state index in [1.54, 1.807) is 0 Å². The van der Waals surface area contributed by atoms with Crippen molar-refractivity contribution in [3.8, 4) is 6.07 Å². The van der Waals surface area contributed by atoms with E-state index in [-0.39, 0.29) is 13.0 Å². The van der Waals surface area contributed by atoms with Crippen molar-refractivity contribution in [1.82, 2.24) is 0 Å². The maximum Gasteiger partial charge on any atom is 0.406 e. The monoisotopic (exact) mass is 172 g/mol. The molecule has 0 aromatic rings. The average molecular weight is 172 g/mol. The maximum atomic E-state index is 10.3. The van der Waals surface area contributed by atoms with E-state index in [1.807, 2.05) is 6.07 Å². The summed E-state index contributed by atoms with van der Waals surface area (Å²) in [6.07, 6.45) is -0.294. The summed E-state index contributed by atoms with van der Waals surface area (Å²) in [6.45, 7) is 1.41. The number of amides is 1. The second-order valence-electron chi connectivity index (χ2n) is 2.59. The van der Waals surface area contributed by atoms with E-state index in [0.717, 1.165) is 0 Å². The van der Waals surface area contributed by atoms with Crippen LogP contribution in [0.25, 0.3) is 0 Å². The molecule has 5 nitrogen and oxygen atoms in total. The predicted molar refractivity (Wildman–Crippen MR) is 41.0 cm³/mol. The van der Waals surface area contributed by atoms with Crippen LogP contribution in [0.4, 0.5) is 4.79 Å². The van der Waals surface area contributed by atoms with Gasteiger partial charge in [0.15, 0.2) is 5.60 Å². The van der Waals surface area contributed by atoms with Gasteiger partial charge in [0.1, 0.15) is 6.07 Å². The van der Waals surface area contributed by atoms with Gasteiger partial charge in [-0.05, 0) is 13.3 Å². The highest BCUT2D eigenvalue weighted by Crippen LogP contribution is 2.15. The van der Waals surface area contributed by atoms with Crippen LogP contribution in [0.2, 0.25) is 0 Å². The third kappa shape index (κ3) is 3.78. The molecule has 5 heteroatoms.